The quantitative estimate of drug-likeness (QED) is 0.0705. The van der Waals surface area contributed by atoms with Gasteiger partial charge in [-0.2, -0.15) is 0 Å². The minimum absolute atomic E-state index is 0.0503. The van der Waals surface area contributed by atoms with Gasteiger partial charge in [0, 0.05) is 36.1 Å². The highest BCUT2D eigenvalue weighted by molar-refractivity contribution is 8.01. The number of nitrogens with one attached hydrogen (secondary N) is 1. The lowest BCUT2D eigenvalue weighted by atomic mass is 9.80. The van der Waals surface area contributed by atoms with Crippen molar-refractivity contribution >= 4 is 55.2 Å². The van der Waals surface area contributed by atoms with Crippen molar-refractivity contribution in [1.82, 2.24) is 10.2 Å². The second kappa shape index (κ2) is 17.4. The number of ether oxygens (including phenoxy) is 2. The summed E-state index contributed by atoms with van der Waals surface area (Å²) in [7, 11) is -2.41. The van der Waals surface area contributed by atoms with Crippen molar-refractivity contribution in [1.29, 1.82) is 0 Å². The Hall–Kier alpha value is -4.39. The molecule has 18 heteroatoms. The van der Waals surface area contributed by atoms with Crippen LogP contribution in [0.4, 0.5) is 16.2 Å². The molecule has 1 fully saturated rings. The summed E-state index contributed by atoms with van der Waals surface area (Å²) in [6, 6.07) is 9.84. The monoisotopic (exact) mass is 762 g/mol. The predicted molar refractivity (Wildman–Crippen MR) is 194 cm³/mol. The number of likely N-dealkylation sites (tertiary alicyclic amines) is 1. The zero-order chi connectivity index (χ0) is 39.1. The number of hydrogen-bond acceptors (Lipinski definition) is 13. The highest BCUT2D eigenvalue weighted by atomic mass is 32.2. The van der Waals surface area contributed by atoms with Crippen LogP contribution in [-0.2, 0) is 41.5 Å². The molecule has 0 radical (unpaired) electrons. The molecule has 2 aromatic rings. The lowest BCUT2D eigenvalue weighted by molar-refractivity contribution is -0.385. The van der Waals surface area contributed by atoms with E-state index < -0.39 is 70.9 Å². The maximum absolute atomic E-state index is 13.7. The highest BCUT2D eigenvalue weighted by Crippen LogP contribution is 2.44. The number of hydrogen-bond donors (Lipinski definition) is 2. The lowest BCUT2D eigenvalue weighted by Gasteiger charge is -2.54. The number of aliphatic hydroxyl groups is 1. The van der Waals surface area contributed by atoms with Gasteiger partial charge in [-0.05, 0) is 67.4 Å². The number of aliphatic hydroxyl groups excluding tert-OH is 1. The molecule has 0 saturated carbocycles. The summed E-state index contributed by atoms with van der Waals surface area (Å²) in [5.41, 5.74) is 0.706. The molecular weight excluding hydrogens is 717 g/mol. The van der Waals surface area contributed by atoms with E-state index in [1.165, 1.54) is 55.5 Å². The van der Waals surface area contributed by atoms with Crippen LogP contribution in [0.5, 0.6) is 0 Å². The van der Waals surface area contributed by atoms with Crippen LogP contribution in [0, 0.1) is 26.1 Å². The molecule has 2 amide bonds. The third-order valence-electron chi connectivity index (χ3n) is 9.16. The number of thioether (sulfide) groups is 1. The number of nitro groups is 2. The van der Waals surface area contributed by atoms with E-state index in [4.69, 9.17) is 13.9 Å². The van der Waals surface area contributed by atoms with Gasteiger partial charge in [0.2, 0.25) is 12.1 Å². The first-order chi connectivity index (χ1) is 24.1. The van der Waals surface area contributed by atoms with Gasteiger partial charge in [-0.25, -0.2) is 9.59 Å². The van der Waals surface area contributed by atoms with E-state index >= 15 is 0 Å². The number of nitro benzene ring substituents is 2. The van der Waals surface area contributed by atoms with E-state index in [9.17, 15) is 44.5 Å². The third kappa shape index (κ3) is 10.6. The number of Topliss-reactive ketones (excluding diaryl/α,β-unsaturated/α-hetero) is 1. The Morgan fingerprint density at radius 3 is 1.87 bits per heavy atom. The van der Waals surface area contributed by atoms with Crippen molar-refractivity contribution in [3.05, 3.63) is 79.9 Å². The molecule has 0 aliphatic carbocycles. The second-order valence-corrected chi connectivity index (χ2v) is 20.4. The molecule has 2 unspecified atom stereocenters. The molecule has 2 aromatic carbocycles. The predicted octanol–water partition coefficient (Wildman–Crippen LogP) is 5.11. The second-order valence-electron chi connectivity index (χ2n) is 14.1. The molecule has 0 spiro atoms. The normalized spacial score (nSPS) is 18.3. The molecule has 2 N–H and O–H groups in total. The summed E-state index contributed by atoms with van der Waals surface area (Å²) >= 11 is 1.15. The number of amides is 2. The third-order valence-corrected chi connectivity index (χ3v) is 15.3. The molecule has 1 aliphatic heterocycles. The summed E-state index contributed by atoms with van der Waals surface area (Å²) in [4.78, 5) is 74.1. The van der Waals surface area contributed by atoms with Crippen LogP contribution in [0.15, 0.2) is 48.5 Å². The number of nitrogens with zero attached hydrogens (tertiary/aromatic N) is 3. The van der Waals surface area contributed by atoms with Gasteiger partial charge in [-0.1, -0.05) is 27.7 Å². The van der Waals surface area contributed by atoms with Crippen molar-refractivity contribution < 1.29 is 48.0 Å². The lowest BCUT2D eigenvalue weighted by Crippen LogP contribution is -2.73. The molecule has 0 bridgehead atoms. The van der Waals surface area contributed by atoms with Gasteiger partial charge in [0.05, 0.1) is 33.2 Å². The summed E-state index contributed by atoms with van der Waals surface area (Å²) in [5.74, 6) is -2.97. The van der Waals surface area contributed by atoms with Crippen LogP contribution < -0.4 is 5.32 Å². The largest absolute Gasteiger partial charge is 0.457 e. The van der Waals surface area contributed by atoms with Crippen molar-refractivity contribution in [3.8, 4) is 0 Å². The van der Waals surface area contributed by atoms with Crippen molar-refractivity contribution in [2.45, 2.75) is 102 Å². The topological polar surface area (TPSA) is 218 Å². The Labute approximate surface area is 307 Å². The Morgan fingerprint density at radius 2 is 1.42 bits per heavy atom. The average Bonchev–Trinajstić information content (AvgIpc) is 3.06. The Morgan fingerprint density at radius 1 is 0.942 bits per heavy atom. The highest BCUT2D eigenvalue weighted by Gasteiger charge is 2.59. The first-order valence-electron chi connectivity index (χ1n) is 16.5. The minimum atomic E-state index is -2.41. The van der Waals surface area contributed by atoms with Crippen LogP contribution in [0.1, 0.15) is 52.7 Å². The van der Waals surface area contributed by atoms with Gasteiger partial charge in [-0.15, -0.1) is 11.8 Å². The number of carbonyl (C=O) groups is 4. The van der Waals surface area contributed by atoms with E-state index in [0.29, 0.717) is 11.1 Å². The molecule has 3 rings (SSSR count). The SMILES string of the molecule is CC(=O)C(S[C@H](C)CNC(=O)OCc1ccc([N+](=O)[O-])cc1)[C@H]1[C@@H]([C@@H](C)O[Si](C)(C)C(C)(C)C)C(=O)N1C(O)C(=O)OCc1ccc([N+](=O)[O-])cc1. The maximum atomic E-state index is 13.7. The van der Waals surface area contributed by atoms with Gasteiger partial charge in [0.1, 0.15) is 19.0 Å². The van der Waals surface area contributed by atoms with E-state index in [1.807, 2.05) is 33.9 Å². The van der Waals surface area contributed by atoms with Gasteiger partial charge >= 0.3 is 12.1 Å². The molecule has 16 nitrogen and oxygen atoms in total. The van der Waals surface area contributed by atoms with E-state index in [0.717, 1.165) is 16.7 Å². The number of β-lactam (4-membered cyclic amide) rings is 1. The molecule has 1 aliphatic rings. The first kappa shape index (κ1) is 42.0. The molecule has 1 saturated heterocycles. The summed E-state index contributed by atoms with van der Waals surface area (Å²) in [6.45, 7) is 14.6. The van der Waals surface area contributed by atoms with Gasteiger partial charge < -0.3 is 29.2 Å². The smallest absolute Gasteiger partial charge is 0.407 e. The Kier molecular flexibility index (Phi) is 14.1. The summed E-state index contributed by atoms with van der Waals surface area (Å²) in [6.07, 6.45) is -3.49. The van der Waals surface area contributed by atoms with Gasteiger partial charge in [-0.3, -0.25) is 29.8 Å². The number of alkyl carbamates (subject to hydrolysis) is 1. The Balaban J connectivity index is 1.75. The fourth-order valence-electron chi connectivity index (χ4n) is 5.28. The molecule has 52 heavy (non-hydrogen) atoms. The van der Waals surface area contributed by atoms with Gasteiger partial charge in [0.15, 0.2) is 8.32 Å². The van der Waals surface area contributed by atoms with Gasteiger partial charge in [0.25, 0.3) is 11.4 Å². The van der Waals surface area contributed by atoms with E-state index in [-0.39, 0.29) is 42.0 Å². The van der Waals surface area contributed by atoms with Crippen LogP contribution in [-0.4, -0.2) is 87.3 Å². The summed E-state index contributed by atoms with van der Waals surface area (Å²) < 4.78 is 17.0. The summed E-state index contributed by atoms with van der Waals surface area (Å²) in [5, 5.41) is 34.0. The molecule has 0 aromatic heterocycles. The Bertz CT molecular complexity index is 1630. The number of carbonyl (C=O) groups excluding carboxylic acids is 4. The van der Waals surface area contributed by atoms with Crippen LogP contribution >= 0.6 is 11.8 Å². The first-order valence-corrected chi connectivity index (χ1v) is 20.4. The number of esters is 1. The molecular formula is C34H46N4O12SSi. The van der Waals surface area contributed by atoms with Crippen LogP contribution in [0.25, 0.3) is 0 Å². The number of non-ortho nitro benzene ring substituents is 2. The number of rotatable bonds is 17. The molecule has 284 valence electrons. The standard InChI is InChI=1S/C34H46N4O12SSi/c1-20(17-35-33(43)49-19-24-11-15-26(16-12-24)38(46)47)51-29(21(2)39)28-27(22(3)50-52(7,8)34(4,5)6)30(40)36(28)31(41)32(42)48-18-23-9-13-25(14-10-23)37(44)45/h9-16,20,22,27-29,31,41H,17-19H2,1-8H3,(H,35,43)/t20-,22-,27-,28-,29?,31?/m1/s1. The molecule has 6 atom stereocenters. The van der Waals surface area contributed by atoms with Crippen molar-refractivity contribution in [3.63, 3.8) is 0 Å². The maximum Gasteiger partial charge on any atom is 0.407 e. The fraction of sp³-hybridized carbons (Fsp3) is 0.529. The zero-order valence-corrected chi connectivity index (χ0v) is 32.2. The van der Waals surface area contributed by atoms with Crippen LogP contribution in [0.2, 0.25) is 18.1 Å². The fourth-order valence-corrected chi connectivity index (χ4v) is 8.04. The van der Waals surface area contributed by atoms with E-state index in [2.05, 4.69) is 5.32 Å². The minimum Gasteiger partial charge on any atom is -0.457 e. The average molecular weight is 763 g/mol. The van der Waals surface area contributed by atoms with Crippen molar-refractivity contribution in [2.24, 2.45) is 5.92 Å². The van der Waals surface area contributed by atoms with Crippen molar-refractivity contribution in [2.75, 3.05) is 6.54 Å². The van der Waals surface area contributed by atoms with Crippen LogP contribution in [0.3, 0.4) is 0 Å². The zero-order valence-electron chi connectivity index (χ0n) is 30.4. The molecule has 1 heterocycles. The number of ketones is 1. The number of benzene rings is 2. The van der Waals surface area contributed by atoms with E-state index in [1.54, 1.807) is 13.8 Å².